The van der Waals surface area contributed by atoms with E-state index in [4.69, 9.17) is 14.4 Å². The number of para-hydroxylation sites is 1. The number of hydrogen-bond donors (Lipinski definition) is 1. The van der Waals surface area contributed by atoms with Crippen LogP contribution in [0.3, 0.4) is 0 Å². The number of rotatable bonds is 3. The molecule has 1 N–H and O–H groups in total. The molecular formula is C19H23F3N2O5. The number of amides is 1. The van der Waals surface area contributed by atoms with Crippen molar-refractivity contribution in [2.24, 2.45) is 0 Å². The van der Waals surface area contributed by atoms with Gasteiger partial charge in [0.25, 0.3) is 0 Å². The Morgan fingerprint density at radius 1 is 1.17 bits per heavy atom. The first-order valence-electron chi connectivity index (χ1n) is 9.13. The molecule has 10 heteroatoms. The van der Waals surface area contributed by atoms with Gasteiger partial charge in [0.2, 0.25) is 0 Å². The molecule has 1 aromatic rings. The summed E-state index contributed by atoms with van der Waals surface area (Å²) in [6.07, 6.45) is -2.73. The fourth-order valence-corrected chi connectivity index (χ4v) is 3.15. The first-order chi connectivity index (χ1) is 13.5. The Morgan fingerprint density at radius 2 is 1.83 bits per heavy atom. The van der Waals surface area contributed by atoms with Gasteiger partial charge in [0.1, 0.15) is 17.0 Å². The number of fused-ring (bicyclic) bond motifs is 1. The smallest absolute Gasteiger partial charge is 0.482 e. The van der Waals surface area contributed by atoms with Crippen LogP contribution in [-0.4, -0.2) is 41.6 Å². The van der Waals surface area contributed by atoms with Gasteiger partial charge in [-0.1, -0.05) is 22.6 Å². The third-order valence-corrected chi connectivity index (χ3v) is 4.41. The van der Waals surface area contributed by atoms with Gasteiger partial charge in [0, 0.05) is 32.0 Å². The Balaban J connectivity index is 1.73. The van der Waals surface area contributed by atoms with Gasteiger partial charge in [-0.25, -0.2) is 4.79 Å². The van der Waals surface area contributed by atoms with Gasteiger partial charge in [0.05, 0.1) is 5.56 Å². The van der Waals surface area contributed by atoms with Crippen molar-refractivity contribution in [1.29, 1.82) is 0 Å². The average molecular weight is 416 g/mol. The van der Waals surface area contributed by atoms with Gasteiger partial charge in [0.15, 0.2) is 5.76 Å². The molecule has 1 fully saturated rings. The van der Waals surface area contributed by atoms with Crippen LogP contribution in [0.1, 0.15) is 39.2 Å². The van der Waals surface area contributed by atoms with Crippen LogP contribution >= 0.6 is 0 Å². The largest absolute Gasteiger partial charge is 0.483 e. The zero-order chi connectivity index (χ0) is 21.3. The maximum absolute atomic E-state index is 12.3. The van der Waals surface area contributed by atoms with Gasteiger partial charge in [-0.05, 0) is 32.9 Å². The van der Waals surface area contributed by atoms with Crippen molar-refractivity contribution in [3.8, 4) is 5.75 Å². The predicted octanol–water partition coefficient (Wildman–Crippen LogP) is 4.16. The molecule has 0 radical (unpaired) electrons. The van der Waals surface area contributed by atoms with Crippen LogP contribution in [0.2, 0.25) is 0 Å². The van der Waals surface area contributed by atoms with Crippen LogP contribution in [0.4, 0.5) is 18.0 Å². The molecule has 1 saturated heterocycles. The molecule has 7 nitrogen and oxygen atoms in total. The van der Waals surface area contributed by atoms with Gasteiger partial charge in [-0.2, -0.15) is 13.2 Å². The summed E-state index contributed by atoms with van der Waals surface area (Å²) in [6, 6.07) is 6.81. The first kappa shape index (κ1) is 21.3. The number of carbonyl (C=O) groups excluding carboxylic acids is 1. The van der Waals surface area contributed by atoms with Crippen molar-refractivity contribution in [3.63, 3.8) is 0 Å². The molecule has 0 bridgehead atoms. The fourth-order valence-electron chi connectivity index (χ4n) is 3.15. The summed E-state index contributed by atoms with van der Waals surface area (Å²) >= 11 is 0. The third kappa shape index (κ3) is 5.54. The van der Waals surface area contributed by atoms with Crippen molar-refractivity contribution in [3.05, 3.63) is 35.9 Å². The summed E-state index contributed by atoms with van der Waals surface area (Å²) in [7, 11) is 0. The van der Waals surface area contributed by atoms with Crippen molar-refractivity contribution in [2.45, 2.75) is 51.1 Å². The second-order valence-corrected chi connectivity index (χ2v) is 7.91. The Labute approximate surface area is 166 Å². The minimum atomic E-state index is -4.75. The van der Waals surface area contributed by atoms with Crippen LogP contribution in [-0.2, 0) is 14.6 Å². The Kier molecular flexibility index (Phi) is 5.68. The molecule has 2 aliphatic rings. The molecular weight excluding hydrogens is 393 g/mol. The van der Waals surface area contributed by atoms with Gasteiger partial charge >= 0.3 is 12.4 Å². The molecule has 1 amide bonds. The lowest BCUT2D eigenvalue weighted by Gasteiger charge is -2.42. The van der Waals surface area contributed by atoms with Crippen LogP contribution in [0.15, 0.2) is 30.3 Å². The highest BCUT2D eigenvalue weighted by Gasteiger charge is 2.41. The summed E-state index contributed by atoms with van der Waals surface area (Å²) in [5.41, 5.74) is -0.0997. The Hall–Kier alpha value is -2.46. The van der Waals surface area contributed by atoms with E-state index in [1.165, 1.54) is 0 Å². The van der Waals surface area contributed by atoms with E-state index in [1.807, 2.05) is 0 Å². The van der Waals surface area contributed by atoms with E-state index in [2.05, 4.69) is 4.99 Å². The molecule has 0 aromatic heterocycles. The Morgan fingerprint density at radius 3 is 2.45 bits per heavy atom. The number of hydrogen-bond acceptors (Lipinski definition) is 6. The van der Waals surface area contributed by atoms with Gasteiger partial charge < -0.3 is 19.3 Å². The number of nitrogens with one attached hydrogen (secondary N) is 1. The molecule has 0 unspecified atom stereocenters. The highest BCUT2D eigenvalue weighted by molar-refractivity contribution is 5.70. The molecule has 3 rings (SSSR count). The van der Waals surface area contributed by atoms with Crippen molar-refractivity contribution in [2.75, 3.05) is 13.1 Å². The van der Waals surface area contributed by atoms with E-state index in [9.17, 15) is 18.0 Å². The normalized spacial score (nSPS) is 18.6. The number of ether oxygens (including phenoxy) is 2. The lowest BCUT2D eigenvalue weighted by Crippen LogP contribution is -2.50. The molecule has 2 heterocycles. The lowest BCUT2D eigenvalue weighted by molar-refractivity contribution is -0.365. The molecule has 160 valence electrons. The van der Waals surface area contributed by atoms with E-state index in [-0.39, 0.29) is 5.76 Å². The predicted molar refractivity (Wildman–Crippen MR) is 96.2 cm³/mol. The number of likely N-dealkylation sites (tertiary alicyclic amines) is 1. The zero-order valence-corrected chi connectivity index (χ0v) is 16.3. The molecule has 2 aliphatic heterocycles. The number of carbonyl (C=O) groups is 1. The molecule has 29 heavy (non-hydrogen) atoms. The van der Waals surface area contributed by atoms with Crippen LogP contribution in [0.25, 0.3) is 5.76 Å². The minimum absolute atomic E-state index is 0.106. The lowest BCUT2D eigenvalue weighted by atomic mass is 9.87. The van der Waals surface area contributed by atoms with Crippen molar-refractivity contribution in [1.82, 2.24) is 10.4 Å². The first-order valence-corrected chi connectivity index (χ1v) is 9.13. The number of piperidine rings is 1. The van der Waals surface area contributed by atoms with E-state index >= 15 is 0 Å². The molecule has 0 aliphatic carbocycles. The van der Waals surface area contributed by atoms with Crippen LogP contribution < -0.4 is 10.2 Å². The van der Waals surface area contributed by atoms with E-state index in [1.54, 1.807) is 56.0 Å². The highest BCUT2D eigenvalue weighted by Crippen LogP contribution is 2.41. The SMILES string of the molecule is CC(C)(C)OC(=O)N1CCC2(C=C(OONC(F)(F)F)c3ccccc3O2)CC1. The standard InChI is InChI=1S/C19H23F3N2O5/c1-17(2,3)27-16(25)24-10-8-18(9-11-24)12-15(28-29-23-19(20,21)22)13-6-4-5-7-14(13)26-18/h4-7,12,23H,8-11H2,1-3H3. The number of alkyl halides is 3. The summed E-state index contributed by atoms with van der Waals surface area (Å²) in [5, 5.41) is 0. The number of benzene rings is 1. The van der Waals surface area contributed by atoms with E-state index < -0.39 is 23.6 Å². The minimum Gasteiger partial charge on any atom is -0.482 e. The maximum Gasteiger partial charge on any atom is 0.483 e. The van der Waals surface area contributed by atoms with Crippen molar-refractivity contribution < 1.29 is 37.3 Å². The number of nitrogens with zero attached hydrogens (tertiary/aromatic N) is 1. The molecule has 1 aromatic carbocycles. The number of halogens is 3. The second-order valence-electron chi connectivity index (χ2n) is 7.91. The highest BCUT2D eigenvalue weighted by atomic mass is 19.4. The quantitative estimate of drug-likeness (QED) is 0.453. The number of hydroxylamine groups is 1. The monoisotopic (exact) mass is 416 g/mol. The van der Waals surface area contributed by atoms with Crippen LogP contribution in [0.5, 0.6) is 5.75 Å². The van der Waals surface area contributed by atoms with E-state index in [0.29, 0.717) is 37.2 Å². The average Bonchev–Trinajstić information content (AvgIpc) is 2.59. The topological polar surface area (TPSA) is 69.3 Å². The molecule has 0 atom stereocenters. The maximum atomic E-state index is 12.3. The van der Waals surface area contributed by atoms with E-state index in [0.717, 1.165) is 5.48 Å². The van der Waals surface area contributed by atoms with Crippen LogP contribution in [0, 0.1) is 0 Å². The zero-order valence-electron chi connectivity index (χ0n) is 16.3. The third-order valence-electron chi connectivity index (χ3n) is 4.41. The summed E-state index contributed by atoms with van der Waals surface area (Å²) in [6.45, 7) is 6.10. The molecule has 0 saturated carbocycles. The van der Waals surface area contributed by atoms with Crippen molar-refractivity contribution >= 4 is 11.9 Å². The summed E-state index contributed by atoms with van der Waals surface area (Å²) < 4.78 is 48.4. The van der Waals surface area contributed by atoms with Gasteiger partial charge in [-0.3, -0.25) is 0 Å². The summed E-state index contributed by atoms with van der Waals surface area (Å²) in [4.78, 5) is 22.9. The van der Waals surface area contributed by atoms with Gasteiger partial charge in [-0.15, -0.1) is 0 Å². The Bertz CT molecular complexity index is 781. The fraction of sp³-hybridized carbons (Fsp3) is 0.526. The summed E-state index contributed by atoms with van der Waals surface area (Å²) in [5.74, 6) is 0.570. The second kappa shape index (κ2) is 7.75. The molecule has 1 spiro atoms.